The molecular weight excluding hydrogens is 252 g/mol. The molecule has 3 heteroatoms. The number of piperazine rings is 1. The van der Waals surface area contributed by atoms with Crippen LogP contribution in [0.15, 0.2) is 29.2 Å². The van der Waals surface area contributed by atoms with E-state index >= 15 is 0 Å². The number of rotatable bonds is 4. The summed E-state index contributed by atoms with van der Waals surface area (Å²) in [6.07, 6.45) is 6.20. The average Bonchev–Trinajstić information content (AvgIpc) is 3.31. The molecule has 1 aromatic carbocycles. The summed E-state index contributed by atoms with van der Waals surface area (Å²) in [6, 6.07) is 10.5. The zero-order valence-electron chi connectivity index (χ0n) is 11.9. The Morgan fingerprint density at radius 2 is 2.00 bits per heavy atom. The van der Waals surface area contributed by atoms with Crippen molar-refractivity contribution in [1.29, 1.82) is 0 Å². The smallest absolute Gasteiger partial charge is 0.0412 e. The molecule has 2 atom stereocenters. The van der Waals surface area contributed by atoms with Crippen LogP contribution in [0.3, 0.4) is 0 Å². The maximum atomic E-state index is 3.76. The van der Waals surface area contributed by atoms with E-state index < -0.39 is 0 Å². The highest BCUT2D eigenvalue weighted by Gasteiger charge is 2.36. The Morgan fingerprint density at radius 3 is 2.58 bits per heavy atom. The van der Waals surface area contributed by atoms with E-state index in [-0.39, 0.29) is 0 Å². The molecule has 3 rings (SSSR count). The summed E-state index contributed by atoms with van der Waals surface area (Å²) in [7, 11) is 0. The molecule has 2 nitrogen and oxygen atoms in total. The van der Waals surface area contributed by atoms with E-state index in [0.29, 0.717) is 12.1 Å². The number of benzene rings is 1. The molecule has 104 valence electrons. The van der Waals surface area contributed by atoms with Crippen LogP contribution in [-0.4, -0.2) is 31.4 Å². The van der Waals surface area contributed by atoms with Crippen LogP contribution in [0.4, 0.5) is 5.69 Å². The first kappa shape index (κ1) is 13.3. The van der Waals surface area contributed by atoms with Crippen molar-refractivity contribution in [3.05, 3.63) is 24.3 Å². The minimum atomic E-state index is 0.648. The van der Waals surface area contributed by atoms with Gasteiger partial charge in [0.25, 0.3) is 0 Å². The lowest BCUT2D eigenvalue weighted by atomic mass is 10.0. The van der Waals surface area contributed by atoms with E-state index in [1.165, 1.54) is 36.4 Å². The molecule has 0 bridgehead atoms. The van der Waals surface area contributed by atoms with Gasteiger partial charge in [0.05, 0.1) is 0 Å². The summed E-state index contributed by atoms with van der Waals surface area (Å²) in [5, 5.41) is 3.76. The second-order valence-electron chi connectivity index (χ2n) is 5.76. The van der Waals surface area contributed by atoms with Gasteiger partial charge in [-0.15, -0.1) is 11.8 Å². The lowest BCUT2D eigenvalue weighted by Gasteiger charge is -2.42. The average molecular weight is 276 g/mol. The van der Waals surface area contributed by atoms with E-state index in [1.54, 1.807) is 0 Å². The monoisotopic (exact) mass is 276 g/mol. The third-order valence-corrected chi connectivity index (χ3v) is 5.26. The van der Waals surface area contributed by atoms with Gasteiger partial charge in [-0.3, -0.25) is 0 Å². The highest BCUT2D eigenvalue weighted by atomic mass is 32.2. The van der Waals surface area contributed by atoms with E-state index in [2.05, 4.69) is 47.7 Å². The van der Waals surface area contributed by atoms with Crippen LogP contribution in [0, 0.1) is 5.92 Å². The van der Waals surface area contributed by atoms with Crippen molar-refractivity contribution >= 4 is 17.4 Å². The van der Waals surface area contributed by atoms with Crippen LogP contribution >= 0.6 is 11.8 Å². The van der Waals surface area contributed by atoms with Crippen molar-refractivity contribution in [2.75, 3.05) is 24.2 Å². The molecule has 0 radical (unpaired) electrons. The number of anilines is 1. The predicted molar refractivity (Wildman–Crippen MR) is 84.2 cm³/mol. The lowest BCUT2D eigenvalue weighted by molar-refractivity contribution is 0.360. The zero-order valence-corrected chi connectivity index (χ0v) is 12.7. The summed E-state index contributed by atoms with van der Waals surface area (Å²) < 4.78 is 0. The third kappa shape index (κ3) is 2.92. The molecule has 19 heavy (non-hydrogen) atoms. The Hall–Kier alpha value is -0.670. The van der Waals surface area contributed by atoms with Crippen molar-refractivity contribution in [3.63, 3.8) is 0 Å². The first-order valence-corrected chi connectivity index (χ1v) is 8.68. The van der Waals surface area contributed by atoms with Crippen molar-refractivity contribution in [2.24, 2.45) is 5.92 Å². The summed E-state index contributed by atoms with van der Waals surface area (Å²) in [5.41, 5.74) is 1.40. The number of nitrogens with zero attached hydrogens (tertiary/aromatic N) is 1. The molecular formula is C16H24N2S. The van der Waals surface area contributed by atoms with Gasteiger partial charge < -0.3 is 10.2 Å². The van der Waals surface area contributed by atoms with Crippen LogP contribution in [0.5, 0.6) is 0 Å². The van der Waals surface area contributed by atoms with Gasteiger partial charge in [0.2, 0.25) is 0 Å². The van der Waals surface area contributed by atoms with Gasteiger partial charge in [-0.25, -0.2) is 0 Å². The largest absolute Gasteiger partial charge is 0.366 e. The Kier molecular flexibility index (Phi) is 4.04. The van der Waals surface area contributed by atoms with Gasteiger partial charge in [0.15, 0.2) is 0 Å². The maximum Gasteiger partial charge on any atom is 0.0412 e. The first-order chi connectivity index (χ1) is 9.31. The van der Waals surface area contributed by atoms with E-state index in [0.717, 1.165) is 12.5 Å². The van der Waals surface area contributed by atoms with Crippen molar-refractivity contribution in [3.8, 4) is 0 Å². The van der Waals surface area contributed by atoms with Gasteiger partial charge in [0.1, 0.15) is 0 Å². The fraction of sp³-hybridized carbons (Fsp3) is 0.625. The predicted octanol–water partition coefficient (Wildman–Crippen LogP) is 3.38. The molecule has 2 unspecified atom stereocenters. The first-order valence-electron chi connectivity index (χ1n) is 7.46. The van der Waals surface area contributed by atoms with Gasteiger partial charge in [0, 0.05) is 35.8 Å². The molecule has 0 spiro atoms. The molecule has 1 aliphatic carbocycles. The summed E-state index contributed by atoms with van der Waals surface area (Å²) >= 11 is 1.82. The Labute approximate surface area is 121 Å². The number of thioether (sulfide) groups is 1. The van der Waals surface area contributed by atoms with Gasteiger partial charge in [-0.05, 0) is 55.7 Å². The van der Waals surface area contributed by atoms with Gasteiger partial charge in [-0.2, -0.15) is 0 Å². The fourth-order valence-corrected chi connectivity index (χ4v) is 3.50. The van der Waals surface area contributed by atoms with E-state index in [1.807, 2.05) is 11.8 Å². The SMILES string of the molecule is CCC1CNC(C2CC2)CN1c1ccc(SC)cc1. The van der Waals surface area contributed by atoms with Gasteiger partial charge in [-0.1, -0.05) is 6.92 Å². The normalized spacial score (nSPS) is 27.6. The Morgan fingerprint density at radius 1 is 1.26 bits per heavy atom. The molecule has 1 saturated carbocycles. The second-order valence-corrected chi connectivity index (χ2v) is 6.64. The number of nitrogens with one attached hydrogen (secondary N) is 1. The molecule has 1 aromatic rings. The molecule has 0 amide bonds. The van der Waals surface area contributed by atoms with Crippen molar-refractivity contribution in [2.45, 2.75) is 43.2 Å². The van der Waals surface area contributed by atoms with Crippen LogP contribution in [0.25, 0.3) is 0 Å². The summed E-state index contributed by atoms with van der Waals surface area (Å²) in [6.45, 7) is 4.62. The molecule has 2 fully saturated rings. The second kappa shape index (κ2) is 5.76. The highest BCUT2D eigenvalue weighted by molar-refractivity contribution is 7.98. The molecule has 1 aliphatic heterocycles. The standard InChI is InChI=1S/C16H24N2S/c1-3-13-10-17-16(12-4-5-12)11-18(13)14-6-8-15(19-2)9-7-14/h6-9,12-13,16-17H,3-5,10-11H2,1-2H3. The van der Waals surface area contributed by atoms with Crippen LogP contribution in [0.1, 0.15) is 26.2 Å². The van der Waals surface area contributed by atoms with Crippen molar-refractivity contribution in [1.82, 2.24) is 5.32 Å². The fourth-order valence-electron chi connectivity index (χ4n) is 3.09. The maximum absolute atomic E-state index is 3.76. The van der Waals surface area contributed by atoms with Gasteiger partial charge >= 0.3 is 0 Å². The van der Waals surface area contributed by atoms with E-state index in [9.17, 15) is 0 Å². The third-order valence-electron chi connectivity index (χ3n) is 4.52. The van der Waals surface area contributed by atoms with Crippen LogP contribution < -0.4 is 10.2 Å². The Balaban J connectivity index is 1.76. The van der Waals surface area contributed by atoms with E-state index in [4.69, 9.17) is 0 Å². The number of hydrogen-bond acceptors (Lipinski definition) is 3. The zero-order chi connectivity index (χ0) is 13.2. The molecule has 1 saturated heterocycles. The minimum absolute atomic E-state index is 0.648. The number of hydrogen-bond donors (Lipinski definition) is 1. The molecule has 0 aromatic heterocycles. The minimum Gasteiger partial charge on any atom is -0.366 e. The molecule has 1 heterocycles. The summed E-state index contributed by atoms with van der Waals surface area (Å²) in [5.74, 6) is 0.936. The van der Waals surface area contributed by atoms with Crippen LogP contribution in [-0.2, 0) is 0 Å². The van der Waals surface area contributed by atoms with Crippen molar-refractivity contribution < 1.29 is 0 Å². The summed E-state index contributed by atoms with van der Waals surface area (Å²) in [4.78, 5) is 3.98. The van der Waals surface area contributed by atoms with Crippen LogP contribution in [0.2, 0.25) is 0 Å². The quantitative estimate of drug-likeness (QED) is 0.849. The molecule has 1 N–H and O–H groups in total. The lowest BCUT2D eigenvalue weighted by Crippen LogP contribution is -2.57. The Bertz CT molecular complexity index is 413. The highest BCUT2D eigenvalue weighted by Crippen LogP contribution is 2.35. The molecule has 2 aliphatic rings. The topological polar surface area (TPSA) is 15.3 Å².